The van der Waals surface area contributed by atoms with Crippen molar-refractivity contribution in [2.75, 3.05) is 5.88 Å². The van der Waals surface area contributed by atoms with Crippen molar-refractivity contribution in [3.05, 3.63) is 35.9 Å². The number of amides is 1. The number of nitrogens with zero attached hydrogens (tertiary/aromatic N) is 1. The maximum Gasteiger partial charge on any atom is 0.411 e. The van der Waals surface area contributed by atoms with Gasteiger partial charge >= 0.3 is 6.09 Å². The van der Waals surface area contributed by atoms with Crippen molar-refractivity contribution in [2.24, 2.45) is 5.41 Å². The van der Waals surface area contributed by atoms with Crippen LogP contribution in [-0.4, -0.2) is 29.0 Å². The summed E-state index contributed by atoms with van der Waals surface area (Å²) in [5, 5.41) is 0. The van der Waals surface area contributed by atoms with Crippen LogP contribution in [0.1, 0.15) is 39.3 Å². The smallest absolute Gasteiger partial charge is 0.411 e. The molecule has 1 aliphatic rings. The summed E-state index contributed by atoms with van der Waals surface area (Å²) in [4.78, 5) is 14.0. The molecule has 20 heavy (non-hydrogen) atoms. The number of alkyl halides is 1. The zero-order chi connectivity index (χ0) is 14.9. The molecule has 1 fully saturated rings. The summed E-state index contributed by atoms with van der Waals surface area (Å²) < 4.78 is 5.59. The molecule has 1 aromatic carbocycles. The van der Waals surface area contributed by atoms with E-state index in [1.54, 1.807) is 4.90 Å². The van der Waals surface area contributed by atoms with Crippen LogP contribution in [0.15, 0.2) is 30.3 Å². The van der Waals surface area contributed by atoms with Crippen molar-refractivity contribution < 1.29 is 9.53 Å². The van der Waals surface area contributed by atoms with Crippen LogP contribution in [-0.2, 0) is 4.74 Å². The SMILES string of the molecule is C[C@H](c1ccccc1)N1C(=O)O[C@@H](C(C)(C)C)[C@@H]1CCl. The number of carbonyl (C=O) groups is 1. The Bertz CT molecular complexity index is 469. The van der Waals surface area contributed by atoms with E-state index >= 15 is 0 Å². The van der Waals surface area contributed by atoms with Gasteiger partial charge in [-0.2, -0.15) is 0 Å². The standard InChI is InChI=1S/C16H22ClNO2/c1-11(12-8-6-5-7-9-12)18-13(10-17)14(16(2,3)4)20-15(18)19/h5-9,11,13-14H,10H2,1-4H3/t11-,13+,14-/m1/s1. The molecule has 0 aliphatic carbocycles. The summed E-state index contributed by atoms with van der Waals surface area (Å²) in [6.07, 6.45) is -0.453. The molecule has 3 nitrogen and oxygen atoms in total. The maximum absolute atomic E-state index is 12.3. The molecular weight excluding hydrogens is 274 g/mol. The minimum atomic E-state index is -0.271. The fourth-order valence-corrected chi connectivity index (χ4v) is 3.09. The van der Waals surface area contributed by atoms with E-state index < -0.39 is 0 Å². The highest BCUT2D eigenvalue weighted by Crippen LogP contribution is 2.38. The van der Waals surface area contributed by atoms with E-state index in [4.69, 9.17) is 16.3 Å². The Hall–Kier alpha value is -1.22. The molecule has 0 bridgehead atoms. The second-order valence-electron chi connectivity index (χ2n) is 6.39. The van der Waals surface area contributed by atoms with E-state index in [9.17, 15) is 4.79 Å². The first kappa shape index (κ1) is 15.2. The summed E-state index contributed by atoms with van der Waals surface area (Å²) in [6.45, 7) is 8.23. The van der Waals surface area contributed by atoms with E-state index in [0.717, 1.165) is 5.56 Å². The van der Waals surface area contributed by atoms with Gasteiger partial charge in [-0.05, 0) is 12.5 Å². The van der Waals surface area contributed by atoms with Gasteiger partial charge in [-0.1, -0.05) is 51.1 Å². The molecule has 0 aromatic heterocycles. The Kier molecular flexibility index (Phi) is 4.28. The van der Waals surface area contributed by atoms with E-state index in [-0.39, 0.29) is 29.7 Å². The van der Waals surface area contributed by atoms with Crippen LogP contribution >= 0.6 is 11.6 Å². The summed E-state index contributed by atoms with van der Waals surface area (Å²) in [5.41, 5.74) is 0.967. The van der Waals surface area contributed by atoms with Gasteiger partial charge < -0.3 is 4.74 Å². The second-order valence-corrected chi connectivity index (χ2v) is 6.69. The Balaban J connectivity index is 2.29. The maximum atomic E-state index is 12.3. The quantitative estimate of drug-likeness (QED) is 0.781. The molecular formula is C16H22ClNO2. The lowest BCUT2D eigenvalue weighted by atomic mass is 9.85. The molecule has 0 unspecified atom stereocenters. The van der Waals surface area contributed by atoms with E-state index in [1.165, 1.54) is 0 Å². The monoisotopic (exact) mass is 295 g/mol. The number of cyclic esters (lactones) is 1. The zero-order valence-electron chi connectivity index (χ0n) is 12.5. The Morgan fingerprint density at radius 1 is 1.30 bits per heavy atom. The largest absolute Gasteiger partial charge is 0.443 e. The van der Waals surface area contributed by atoms with Crippen LogP contribution < -0.4 is 0 Å². The number of ether oxygens (including phenoxy) is 1. The van der Waals surface area contributed by atoms with Gasteiger partial charge in [-0.3, -0.25) is 4.90 Å². The first-order valence-electron chi connectivity index (χ1n) is 6.96. The molecule has 1 aromatic rings. The summed E-state index contributed by atoms with van der Waals surface area (Å²) in [5.74, 6) is 0.380. The van der Waals surface area contributed by atoms with Gasteiger partial charge in [0, 0.05) is 11.3 Å². The van der Waals surface area contributed by atoms with Gasteiger partial charge in [0.15, 0.2) is 0 Å². The molecule has 3 atom stereocenters. The van der Waals surface area contributed by atoms with Crippen LogP contribution in [0.4, 0.5) is 4.79 Å². The highest BCUT2D eigenvalue weighted by molar-refractivity contribution is 6.18. The molecule has 2 rings (SSSR count). The fourth-order valence-electron chi connectivity index (χ4n) is 2.78. The van der Waals surface area contributed by atoms with Crippen molar-refractivity contribution in [1.29, 1.82) is 0 Å². The molecule has 0 spiro atoms. The van der Waals surface area contributed by atoms with Crippen LogP contribution in [0.25, 0.3) is 0 Å². The van der Waals surface area contributed by atoms with Crippen LogP contribution in [0.5, 0.6) is 0 Å². The molecule has 1 heterocycles. The Morgan fingerprint density at radius 3 is 2.40 bits per heavy atom. The molecule has 0 radical (unpaired) electrons. The number of halogens is 1. The second kappa shape index (κ2) is 5.65. The van der Waals surface area contributed by atoms with Crippen molar-refractivity contribution >= 4 is 17.7 Å². The Morgan fingerprint density at radius 2 is 1.90 bits per heavy atom. The van der Waals surface area contributed by atoms with Gasteiger partial charge in [-0.25, -0.2) is 4.79 Å². The number of hydrogen-bond donors (Lipinski definition) is 0. The third kappa shape index (κ3) is 2.78. The topological polar surface area (TPSA) is 29.5 Å². The van der Waals surface area contributed by atoms with E-state index in [1.807, 2.05) is 37.3 Å². The lowest BCUT2D eigenvalue weighted by Gasteiger charge is -2.33. The summed E-state index contributed by atoms with van der Waals surface area (Å²) >= 11 is 6.13. The third-order valence-corrected chi connectivity index (χ3v) is 4.17. The normalized spacial score (nSPS) is 24.6. The van der Waals surface area contributed by atoms with Gasteiger partial charge in [0.2, 0.25) is 0 Å². The van der Waals surface area contributed by atoms with Gasteiger partial charge in [-0.15, -0.1) is 11.6 Å². The van der Waals surface area contributed by atoms with Crippen LogP contribution in [0, 0.1) is 5.41 Å². The molecule has 0 N–H and O–H groups in total. The minimum absolute atomic E-state index is 0.0419. The van der Waals surface area contributed by atoms with Gasteiger partial charge in [0.25, 0.3) is 0 Å². The number of benzene rings is 1. The lowest BCUT2D eigenvalue weighted by Crippen LogP contribution is -2.44. The van der Waals surface area contributed by atoms with Crippen molar-refractivity contribution in [2.45, 2.75) is 45.9 Å². The zero-order valence-corrected chi connectivity index (χ0v) is 13.2. The summed E-state index contributed by atoms with van der Waals surface area (Å²) in [6, 6.07) is 9.82. The van der Waals surface area contributed by atoms with Crippen LogP contribution in [0.3, 0.4) is 0 Å². The number of hydrogen-bond acceptors (Lipinski definition) is 2. The predicted octanol–water partition coefficient (Wildman–Crippen LogP) is 4.22. The van der Waals surface area contributed by atoms with Crippen molar-refractivity contribution in [3.8, 4) is 0 Å². The summed E-state index contributed by atoms with van der Waals surface area (Å²) in [7, 11) is 0. The molecule has 1 aliphatic heterocycles. The van der Waals surface area contributed by atoms with Gasteiger partial charge in [0.05, 0.1) is 12.1 Å². The van der Waals surface area contributed by atoms with Gasteiger partial charge in [0.1, 0.15) is 6.10 Å². The molecule has 0 saturated carbocycles. The fraction of sp³-hybridized carbons (Fsp3) is 0.562. The molecule has 1 saturated heterocycles. The van der Waals surface area contributed by atoms with Crippen molar-refractivity contribution in [1.82, 2.24) is 4.90 Å². The highest BCUT2D eigenvalue weighted by Gasteiger charge is 2.48. The Labute approximate surface area is 125 Å². The minimum Gasteiger partial charge on any atom is -0.443 e. The highest BCUT2D eigenvalue weighted by atomic mass is 35.5. The molecule has 4 heteroatoms. The lowest BCUT2D eigenvalue weighted by molar-refractivity contribution is 0.0588. The van der Waals surface area contributed by atoms with Crippen LogP contribution in [0.2, 0.25) is 0 Å². The average Bonchev–Trinajstić information content (AvgIpc) is 2.75. The first-order chi connectivity index (χ1) is 9.36. The predicted molar refractivity (Wildman–Crippen MR) is 80.9 cm³/mol. The third-order valence-electron chi connectivity index (χ3n) is 3.86. The number of rotatable bonds is 3. The molecule has 110 valence electrons. The molecule has 1 amide bonds. The van der Waals surface area contributed by atoms with E-state index in [2.05, 4.69) is 20.8 Å². The van der Waals surface area contributed by atoms with Crippen molar-refractivity contribution in [3.63, 3.8) is 0 Å². The average molecular weight is 296 g/mol. The number of carbonyl (C=O) groups excluding carboxylic acids is 1. The van der Waals surface area contributed by atoms with E-state index in [0.29, 0.717) is 5.88 Å². The first-order valence-corrected chi connectivity index (χ1v) is 7.49.